The predicted octanol–water partition coefficient (Wildman–Crippen LogP) is 2.02. The van der Waals surface area contributed by atoms with Crippen molar-refractivity contribution in [2.45, 2.75) is 39.8 Å². The minimum absolute atomic E-state index is 0.107. The van der Waals surface area contributed by atoms with Gasteiger partial charge in [0.15, 0.2) is 0 Å². The molecule has 1 atom stereocenters. The monoisotopic (exact) mass is 228 g/mol. The van der Waals surface area contributed by atoms with Gasteiger partial charge in [0.2, 0.25) is 0 Å². The van der Waals surface area contributed by atoms with Crippen LogP contribution in [0.25, 0.3) is 0 Å². The third-order valence-corrected chi connectivity index (χ3v) is 3.00. The Hall–Kier alpha value is -0.640. The van der Waals surface area contributed by atoms with Gasteiger partial charge >= 0.3 is 5.69 Å². The Balaban J connectivity index is 2.51. The van der Waals surface area contributed by atoms with E-state index < -0.39 is 0 Å². The van der Waals surface area contributed by atoms with Gasteiger partial charge in [-0.15, -0.1) is 0 Å². The largest absolute Gasteiger partial charge is 0.328 e. The molecule has 3 nitrogen and oxygen atoms in total. The molecule has 0 saturated carbocycles. The van der Waals surface area contributed by atoms with Gasteiger partial charge in [-0.2, -0.15) is 12.6 Å². The number of hydrogen-bond donors (Lipinski definition) is 1. The second kappa shape index (κ2) is 6.05. The maximum absolute atomic E-state index is 11.7. The Bertz CT molecular complexity index is 343. The second-order valence-electron chi connectivity index (χ2n) is 3.97. The fraction of sp³-hybridized carbons (Fsp3) is 0.727. The molecule has 1 aromatic rings. The van der Waals surface area contributed by atoms with Crippen LogP contribution in [0.15, 0.2) is 17.2 Å². The van der Waals surface area contributed by atoms with E-state index in [2.05, 4.69) is 19.6 Å². The van der Waals surface area contributed by atoms with Crippen LogP contribution in [0.1, 0.15) is 26.7 Å². The minimum atomic E-state index is 0.107. The van der Waals surface area contributed by atoms with E-state index in [1.165, 1.54) is 0 Å². The van der Waals surface area contributed by atoms with Gasteiger partial charge in [0.1, 0.15) is 0 Å². The second-order valence-corrected chi connectivity index (χ2v) is 4.41. The van der Waals surface area contributed by atoms with E-state index in [0.717, 1.165) is 31.7 Å². The van der Waals surface area contributed by atoms with Crippen LogP contribution in [0, 0.1) is 5.92 Å². The van der Waals surface area contributed by atoms with Crippen LogP contribution >= 0.6 is 12.6 Å². The summed E-state index contributed by atoms with van der Waals surface area (Å²) < 4.78 is 3.52. The average Bonchev–Trinajstić information content (AvgIpc) is 2.57. The van der Waals surface area contributed by atoms with Crippen molar-refractivity contribution < 1.29 is 0 Å². The van der Waals surface area contributed by atoms with Crippen molar-refractivity contribution in [3.63, 3.8) is 0 Å². The maximum Gasteiger partial charge on any atom is 0.328 e. The fourth-order valence-corrected chi connectivity index (χ4v) is 2.03. The Morgan fingerprint density at radius 2 is 2.00 bits per heavy atom. The number of hydrogen-bond acceptors (Lipinski definition) is 2. The summed E-state index contributed by atoms with van der Waals surface area (Å²) in [4.78, 5) is 11.7. The van der Waals surface area contributed by atoms with Crippen molar-refractivity contribution in [3.05, 3.63) is 22.9 Å². The van der Waals surface area contributed by atoms with Gasteiger partial charge in [-0.3, -0.25) is 9.13 Å². The van der Waals surface area contributed by atoms with E-state index in [1.807, 2.05) is 19.3 Å². The van der Waals surface area contributed by atoms with Crippen molar-refractivity contribution >= 4 is 12.6 Å². The average molecular weight is 228 g/mol. The van der Waals surface area contributed by atoms with Crippen LogP contribution in [-0.2, 0) is 13.1 Å². The number of nitrogens with zero attached hydrogens (tertiary/aromatic N) is 2. The van der Waals surface area contributed by atoms with Crippen molar-refractivity contribution in [2.24, 2.45) is 5.92 Å². The lowest BCUT2D eigenvalue weighted by molar-refractivity contribution is 0.462. The van der Waals surface area contributed by atoms with Crippen molar-refractivity contribution in [1.29, 1.82) is 0 Å². The Kier molecular flexibility index (Phi) is 5.02. The SMILES string of the molecule is CCn1ccn(CCC(C)CCS)c1=O. The molecule has 0 radical (unpaired) electrons. The number of rotatable bonds is 6. The van der Waals surface area contributed by atoms with E-state index in [4.69, 9.17) is 0 Å². The molecule has 0 fully saturated rings. The van der Waals surface area contributed by atoms with Gasteiger partial charge in [-0.05, 0) is 31.4 Å². The van der Waals surface area contributed by atoms with Gasteiger partial charge in [0.25, 0.3) is 0 Å². The lowest BCUT2D eigenvalue weighted by atomic mass is 10.1. The first-order valence-corrected chi connectivity index (χ1v) is 6.18. The molecule has 0 spiro atoms. The molecule has 0 aliphatic heterocycles. The van der Waals surface area contributed by atoms with Gasteiger partial charge in [-0.1, -0.05) is 6.92 Å². The van der Waals surface area contributed by atoms with E-state index in [-0.39, 0.29) is 5.69 Å². The Labute approximate surface area is 96.5 Å². The maximum atomic E-state index is 11.7. The quantitative estimate of drug-likeness (QED) is 0.741. The highest BCUT2D eigenvalue weighted by atomic mass is 32.1. The molecule has 0 saturated heterocycles. The van der Waals surface area contributed by atoms with E-state index in [1.54, 1.807) is 9.13 Å². The number of aromatic nitrogens is 2. The molecule has 86 valence electrons. The highest BCUT2D eigenvalue weighted by molar-refractivity contribution is 7.80. The predicted molar refractivity (Wildman–Crippen MR) is 66.6 cm³/mol. The molecule has 0 amide bonds. The topological polar surface area (TPSA) is 26.9 Å². The lowest BCUT2D eigenvalue weighted by Crippen LogP contribution is -2.24. The van der Waals surface area contributed by atoms with Crippen LogP contribution in [-0.4, -0.2) is 14.9 Å². The third-order valence-electron chi connectivity index (χ3n) is 2.74. The number of aryl methyl sites for hydroxylation is 2. The summed E-state index contributed by atoms with van der Waals surface area (Å²) in [5, 5.41) is 0. The molecule has 0 aliphatic rings. The first-order valence-electron chi connectivity index (χ1n) is 5.55. The van der Waals surface area contributed by atoms with Gasteiger partial charge in [0, 0.05) is 25.5 Å². The summed E-state index contributed by atoms with van der Waals surface area (Å²) in [6.45, 7) is 5.76. The zero-order chi connectivity index (χ0) is 11.3. The van der Waals surface area contributed by atoms with E-state index in [9.17, 15) is 4.79 Å². The molecule has 1 unspecified atom stereocenters. The smallest absolute Gasteiger partial charge is 0.300 e. The van der Waals surface area contributed by atoms with Crippen LogP contribution in [0.4, 0.5) is 0 Å². The van der Waals surface area contributed by atoms with Gasteiger partial charge in [0.05, 0.1) is 0 Å². The van der Waals surface area contributed by atoms with E-state index in [0.29, 0.717) is 5.92 Å². The summed E-state index contributed by atoms with van der Waals surface area (Å²) in [6.07, 6.45) is 5.89. The molecule has 4 heteroatoms. The number of imidazole rings is 1. The highest BCUT2D eigenvalue weighted by Gasteiger charge is 2.04. The molecule has 1 heterocycles. The fourth-order valence-electron chi connectivity index (χ4n) is 1.59. The van der Waals surface area contributed by atoms with E-state index >= 15 is 0 Å². The standard InChI is InChI=1S/C11H20N2OS/c1-3-12-7-8-13(11(12)14)6-4-10(2)5-9-15/h7-8,10,15H,3-6,9H2,1-2H3. The van der Waals surface area contributed by atoms with Gasteiger partial charge in [-0.25, -0.2) is 4.79 Å². The third kappa shape index (κ3) is 3.45. The molecule has 1 rings (SSSR count). The van der Waals surface area contributed by atoms with Crippen molar-refractivity contribution in [2.75, 3.05) is 5.75 Å². The molecule has 15 heavy (non-hydrogen) atoms. The first-order chi connectivity index (χ1) is 7.19. The molecular weight excluding hydrogens is 208 g/mol. The summed E-state index contributed by atoms with van der Waals surface area (Å²) in [7, 11) is 0. The van der Waals surface area contributed by atoms with Gasteiger partial charge < -0.3 is 0 Å². The highest BCUT2D eigenvalue weighted by Crippen LogP contribution is 2.08. The van der Waals surface area contributed by atoms with Crippen molar-refractivity contribution in [3.8, 4) is 0 Å². The normalized spacial score (nSPS) is 13.0. The molecule has 0 bridgehead atoms. The van der Waals surface area contributed by atoms with Crippen LogP contribution in [0.5, 0.6) is 0 Å². The zero-order valence-electron chi connectivity index (χ0n) is 9.52. The zero-order valence-corrected chi connectivity index (χ0v) is 10.4. The minimum Gasteiger partial charge on any atom is -0.300 e. The molecular formula is C11H20N2OS. The van der Waals surface area contributed by atoms with Crippen LogP contribution in [0.3, 0.4) is 0 Å². The molecule has 0 aliphatic carbocycles. The van der Waals surface area contributed by atoms with Crippen LogP contribution in [0.2, 0.25) is 0 Å². The lowest BCUT2D eigenvalue weighted by Gasteiger charge is -2.09. The molecule has 1 aromatic heterocycles. The molecule has 0 N–H and O–H groups in total. The Morgan fingerprint density at radius 3 is 2.53 bits per heavy atom. The van der Waals surface area contributed by atoms with Crippen LogP contribution < -0.4 is 5.69 Å². The van der Waals surface area contributed by atoms with Crippen molar-refractivity contribution in [1.82, 2.24) is 9.13 Å². The Morgan fingerprint density at radius 1 is 1.33 bits per heavy atom. The molecule has 0 aromatic carbocycles. The summed E-state index contributed by atoms with van der Waals surface area (Å²) in [5.74, 6) is 1.56. The summed E-state index contributed by atoms with van der Waals surface area (Å²) >= 11 is 4.21. The summed E-state index contributed by atoms with van der Waals surface area (Å²) in [5.41, 5.74) is 0.107. The first kappa shape index (κ1) is 12.4. The number of thiol groups is 1. The summed E-state index contributed by atoms with van der Waals surface area (Å²) in [6, 6.07) is 0.